The van der Waals surface area contributed by atoms with Crippen molar-refractivity contribution in [2.45, 2.75) is 31.9 Å². The summed E-state index contributed by atoms with van der Waals surface area (Å²) in [5.41, 5.74) is 8.11. The maximum Gasteiger partial charge on any atom is 0.326 e. The summed E-state index contributed by atoms with van der Waals surface area (Å²) in [5.74, 6) is -2.36. The van der Waals surface area contributed by atoms with Crippen LogP contribution in [0.25, 0.3) is 5.53 Å². The smallest absolute Gasteiger partial charge is 0.326 e. The van der Waals surface area contributed by atoms with E-state index in [4.69, 9.17) is 15.4 Å². The van der Waals surface area contributed by atoms with Gasteiger partial charge in [0, 0.05) is 13.5 Å². The van der Waals surface area contributed by atoms with Crippen LogP contribution >= 0.6 is 0 Å². The number of amides is 1. The number of ketones is 1. The van der Waals surface area contributed by atoms with Crippen LogP contribution in [0.4, 0.5) is 0 Å². The minimum Gasteiger partial charge on any atom is -0.480 e. The van der Waals surface area contributed by atoms with Crippen LogP contribution in [0.3, 0.4) is 0 Å². The summed E-state index contributed by atoms with van der Waals surface area (Å²) in [4.78, 5) is 35.8. The van der Waals surface area contributed by atoms with Crippen LogP contribution in [-0.4, -0.2) is 53.0 Å². The molecule has 0 aliphatic heterocycles. The molecule has 0 aromatic rings. The van der Waals surface area contributed by atoms with Crippen molar-refractivity contribution in [2.24, 2.45) is 0 Å². The van der Waals surface area contributed by atoms with Gasteiger partial charge in [0.15, 0.2) is 0 Å². The summed E-state index contributed by atoms with van der Waals surface area (Å²) in [6.45, 7) is 1.47. The van der Waals surface area contributed by atoms with E-state index in [1.165, 1.54) is 14.0 Å². The molecule has 0 aromatic carbocycles. The Bertz CT molecular complexity index is 376. The Balaban J connectivity index is 4.41. The topological polar surface area (TPSA) is 129 Å². The van der Waals surface area contributed by atoms with E-state index in [1.807, 2.05) is 0 Å². The predicted molar refractivity (Wildman–Crippen MR) is 60.0 cm³/mol. The Morgan fingerprint density at radius 1 is 1.50 bits per heavy atom. The third-order valence-electron chi connectivity index (χ3n) is 2.22. The van der Waals surface area contributed by atoms with Gasteiger partial charge in [-0.2, -0.15) is 4.79 Å². The van der Waals surface area contributed by atoms with Crippen molar-refractivity contribution >= 4 is 23.9 Å². The average Bonchev–Trinajstić information content (AvgIpc) is 2.32. The highest BCUT2D eigenvalue weighted by atomic mass is 16.5. The summed E-state index contributed by atoms with van der Waals surface area (Å²) in [6.07, 6.45) is -0.342. The second-order valence-electron chi connectivity index (χ2n) is 3.53. The average molecular weight is 257 g/mol. The molecule has 2 atom stereocenters. The molecule has 100 valence electrons. The molecule has 2 N–H and O–H groups in total. The molecule has 0 rings (SSSR count). The van der Waals surface area contributed by atoms with Crippen molar-refractivity contribution in [3.63, 3.8) is 0 Å². The molecule has 0 aliphatic rings. The van der Waals surface area contributed by atoms with Gasteiger partial charge < -0.3 is 20.7 Å². The minimum absolute atomic E-state index is 0.0949. The third kappa shape index (κ3) is 5.88. The molecule has 0 aliphatic carbocycles. The summed E-state index contributed by atoms with van der Waals surface area (Å²) >= 11 is 0. The van der Waals surface area contributed by atoms with Crippen molar-refractivity contribution in [1.82, 2.24) is 5.32 Å². The number of carboxylic acid groups (broad SMARTS) is 1. The van der Waals surface area contributed by atoms with Crippen molar-refractivity contribution in [2.75, 3.05) is 7.11 Å². The van der Waals surface area contributed by atoms with Gasteiger partial charge in [0.2, 0.25) is 11.7 Å². The zero-order valence-electron chi connectivity index (χ0n) is 10.1. The molecule has 0 bridgehead atoms. The Morgan fingerprint density at radius 2 is 2.11 bits per heavy atom. The van der Waals surface area contributed by atoms with E-state index in [-0.39, 0.29) is 12.8 Å². The maximum absolute atomic E-state index is 11.4. The summed E-state index contributed by atoms with van der Waals surface area (Å²) < 4.78 is 4.73. The van der Waals surface area contributed by atoms with E-state index in [0.717, 1.165) is 0 Å². The molecule has 8 heteroatoms. The summed E-state index contributed by atoms with van der Waals surface area (Å²) in [7, 11) is 1.32. The van der Waals surface area contributed by atoms with Gasteiger partial charge in [-0.05, 0) is 13.3 Å². The van der Waals surface area contributed by atoms with Crippen molar-refractivity contribution in [3.8, 4) is 0 Å². The first-order chi connectivity index (χ1) is 8.42. The fraction of sp³-hybridized carbons (Fsp3) is 0.600. The second kappa shape index (κ2) is 8.10. The number of nitrogens with zero attached hydrogens (tertiary/aromatic N) is 2. The molecule has 0 fully saturated rings. The van der Waals surface area contributed by atoms with Gasteiger partial charge in [-0.15, -0.1) is 0 Å². The molecular weight excluding hydrogens is 242 g/mol. The number of Topliss-reactive ketones (excluding diaryl/α,β-unsaturated/α-hetero) is 1. The number of nitrogens with one attached hydrogen (secondary N) is 1. The SMILES string of the molecule is CO[C@H](C)C(=O)NC(CCC(=O)C=[N+]=[N-])C(=O)O. The number of aliphatic carboxylic acids is 1. The highest BCUT2D eigenvalue weighted by Gasteiger charge is 2.23. The highest BCUT2D eigenvalue weighted by molar-refractivity contribution is 6.25. The molecule has 18 heavy (non-hydrogen) atoms. The van der Waals surface area contributed by atoms with Crippen LogP contribution in [0.5, 0.6) is 0 Å². The monoisotopic (exact) mass is 257 g/mol. The lowest BCUT2D eigenvalue weighted by atomic mass is 10.1. The number of hydrogen-bond donors (Lipinski definition) is 2. The quantitative estimate of drug-likeness (QED) is 0.335. The van der Waals surface area contributed by atoms with Gasteiger partial charge in [0.1, 0.15) is 12.1 Å². The number of hydrogen-bond acceptors (Lipinski definition) is 4. The largest absolute Gasteiger partial charge is 0.480 e. The lowest BCUT2D eigenvalue weighted by molar-refractivity contribution is -0.143. The molecule has 0 spiro atoms. The molecule has 0 aromatic heterocycles. The lowest BCUT2D eigenvalue weighted by Crippen LogP contribution is -2.45. The van der Waals surface area contributed by atoms with Gasteiger partial charge in [0.25, 0.3) is 0 Å². The van der Waals surface area contributed by atoms with E-state index in [0.29, 0.717) is 6.21 Å². The van der Waals surface area contributed by atoms with Crippen LogP contribution in [0, 0.1) is 0 Å². The van der Waals surface area contributed by atoms with Crippen LogP contribution in [0.15, 0.2) is 0 Å². The van der Waals surface area contributed by atoms with E-state index < -0.39 is 29.8 Å². The Kier molecular flexibility index (Phi) is 7.18. The zero-order valence-corrected chi connectivity index (χ0v) is 10.1. The van der Waals surface area contributed by atoms with E-state index in [1.54, 1.807) is 0 Å². The van der Waals surface area contributed by atoms with Crippen molar-refractivity contribution < 1.29 is 29.0 Å². The lowest BCUT2D eigenvalue weighted by Gasteiger charge is -2.16. The number of ether oxygens (including phenoxy) is 1. The van der Waals surface area contributed by atoms with Crippen LogP contribution < -0.4 is 5.32 Å². The predicted octanol–water partition coefficient (Wildman–Crippen LogP) is -0.759. The van der Waals surface area contributed by atoms with Crippen molar-refractivity contribution in [1.29, 1.82) is 0 Å². The maximum atomic E-state index is 11.4. The summed E-state index contributed by atoms with van der Waals surface area (Å²) in [5, 5.41) is 11.1. The van der Waals surface area contributed by atoms with E-state index in [9.17, 15) is 14.4 Å². The molecule has 0 radical (unpaired) electrons. The minimum atomic E-state index is -1.25. The van der Waals surface area contributed by atoms with Crippen LogP contribution in [-0.2, 0) is 19.1 Å². The Morgan fingerprint density at radius 3 is 2.56 bits per heavy atom. The molecule has 8 nitrogen and oxygen atoms in total. The number of carbonyl (C=O) groups excluding carboxylic acids is 2. The number of carbonyl (C=O) groups is 3. The zero-order chi connectivity index (χ0) is 14.1. The number of carboxylic acids is 1. The molecule has 1 unspecified atom stereocenters. The van der Waals surface area contributed by atoms with Gasteiger partial charge in [-0.1, -0.05) is 0 Å². The second-order valence-corrected chi connectivity index (χ2v) is 3.53. The first kappa shape index (κ1) is 16.0. The third-order valence-corrected chi connectivity index (χ3v) is 2.22. The molecule has 0 saturated heterocycles. The molecular formula is C10H15N3O5. The first-order valence-electron chi connectivity index (χ1n) is 5.18. The number of rotatable bonds is 8. The van der Waals surface area contributed by atoms with Gasteiger partial charge in [-0.25, -0.2) is 4.79 Å². The Hall–Kier alpha value is -2.05. The molecule has 0 heterocycles. The first-order valence-corrected chi connectivity index (χ1v) is 5.18. The van der Waals surface area contributed by atoms with Gasteiger partial charge in [0.05, 0.1) is 0 Å². The molecule has 0 saturated carbocycles. The van der Waals surface area contributed by atoms with E-state index >= 15 is 0 Å². The fourth-order valence-corrected chi connectivity index (χ4v) is 1.07. The fourth-order valence-electron chi connectivity index (χ4n) is 1.07. The molecule has 1 amide bonds. The highest BCUT2D eigenvalue weighted by Crippen LogP contribution is 2.00. The normalized spacial score (nSPS) is 13.0. The summed E-state index contributed by atoms with van der Waals surface area (Å²) in [6, 6.07) is -1.19. The standard InChI is InChI=1S/C10H15N3O5/c1-6(18-2)9(15)13-8(10(16)17)4-3-7(14)5-12-11/h5-6,8H,3-4H2,1-2H3,(H,13,15)(H,16,17)/t6-,8?/m1/s1. The number of methoxy groups -OCH3 is 1. The van der Waals surface area contributed by atoms with E-state index in [2.05, 4.69) is 10.1 Å². The Labute approximate surface area is 104 Å². The van der Waals surface area contributed by atoms with Gasteiger partial charge >= 0.3 is 12.2 Å². The van der Waals surface area contributed by atoms with Crippen molar-refractivity contribution in [3.05, 3.63) is 5.53 Å². The van der Waals surface area contributed by atoms with Crippen LogP contribution in [0.1, 0.15) is 19.8 Å². The van der Waals surface area contributed by atoms with Crippen LogP contribution in [0.2, 0.25) is 0 Å². The van der Waals surface area contributed by atoms with Gasteiger partial charge in [-0.3, -0.25) is 9.59 Å².